The molecule has 4 rings (SSSR count). The summed E-state index contributed by atoms with van der Waals surface area (Å²) < 4.78 is 11.5. The van der Waals surface area contributed by atoms with Gasteiger partial charge in [-0.25, -0.2) is 0 Å². The fourth-order valence-corrected chi connectivity index (χ4v) is 4.38. The first kappa shape index (κ1) is 21.1. The molecule has 7 heteroatoms. The number of aliphatic hydroxyl groups is 4. The third-order valence-electron chi connectivity index (χ3n) is 5.75. The van der Waals surface area contributed by atoms with Crippen molar-refractivity contribution in [2.45, 2.75) is 43.4 Å². The van der Waals surface area contributed by atoms with Crippen molar-refractivity contribution in [3.63, 3.8) is 0 Å². The Kier molecular flexibility index (Phi) is 6.03. The van der Waals surface area contributed by atoms with Crippen LogP contribution in [0.3, 0.4) is 0 Å². The van der Waals surface area contributed by atoms with Crippen molar-refractivity contribution in [2.24, 2.45) is 0 Å². The van der Waals surface area contributed by atoms with Crippen LogP contribution < -0.4 is 4.74 Å². The zero-order valence-corrected chi connectivity index (χ0v) is 16.9. The molecule has 0 unspecified atom stereocenters. The summed E-state index contributed by atoms with van der Waals surface area (Å²) >= 11 is 6.63. The van der Waals surface area contributed by atoms with Crippen molar-refractivity contribution in [1.29, 1.82) is 0 Å². The largest absolute Gasteiger partial charge is 0.491 e. The Morgan fingerprint density at radius 2 is 1.83 bits per heavy atom. The predicted molar refractivity (Wildman–Crippen MR) is 111 cm³/mol. The molecule has 1 fully saturated rings. The van der Waals surface area contributed by atoms with E-state index in [9.17, 15) is 20.4 Å². The van der Waals surface area contributed by atoms with Crippen LogP contribution in [0.4, 0.5) is 0 Å². The summed E-state index contributed by atoms with van der Waals surface area (Å²) in [4.78, 5) is 0. The third-order valence-corrected chi connectivity index (χ3v) is 6.16. The van der Waals surface area contributed by atoms with Gasteiger partial charge in [0.15, 0.2) is 0 Å². The SMILES string of the molecule is C#Cc1ccc(Cc2cc([C@@H]3O[C@H](CO)[C@@H](O)[C@H](O)[C@H]3O)c3c(c2Cl)OCC3)cc1. The molecule has 2 aromatic rings. The van der Waals surface area contributed by atoms with Gasteiger partial charge in [0, 0.05) is 17.5 Å². The quantitative estimate of drug-likeness (QED) is 0.547. The van der Waals surface area contributed by atoms with Gasteiger partial charge in [-0.2, -0.15) is 0 Å². The topological polar surface area (TPSA) is 99.4 Å². The van der Waals surface area contributed by atoms with Gasteiger partial charge in [0.1, 0.15) is 36.3 Å². The summed E-state index contributed by atoms with van der Waals surface area (Å²) in [5.74, 6) is 3.13. The normalized spacial score (nSPS) is 27.9. The molecule has 0 aromatic heterocycles. The molecule has 0 amide bonds. The van der Waals surface area contributed by atoms with E-state index in [1.165, 1.54) is 0 Å². The van der Waals surface area contributed by atoms with Crippen molar-refractivity contribution >= 4 is 11.6 Å². The number of hydrogen-bond donors (Lipinski definition) is 4. The molecule has 2 heterocycles. The standard InChI is InChI=1S/C23H23ClO6/c1-2-12-3-5-13(6-4-12)9-14-10-16(15-7-8-29-22(15)18(14)24)23-21(28)20(27)19(26)17(11-25)30-23/h1,3-6,10,17,19-21,23,25-28H,7-9,11H2/t17-,19-,20+,21-,23+/m1/s1. The smallest absolute Gasteiger partial charge is 0.141 e. The lowest BCUT2D eigenvalue weighted by Crippen LogP contribution is -2.55. The van der Waals surface area contributed by atoms with Crippen LogP contribution in [0.1, 0.15) is 33.9 Å². The van der Waals surface area contributed by atoms with Gasteiger partial charge in [-0.15, -0.1) is 6.42 Å². The zero-order valence-electron chi connectivity index (χ0n) is 16.2. The summed E-state index contributed by atoms with van der Waals surface area (Å²) in [6.07, 6.45) is 0.357. The molecule has 6 nitrogen and oxygen atoms in total. The van der Waals surface area contributed by atoms with Gasteiger partial charge in [0.2, 0.25) is 0 Å². The molecule has 0 radical (unpaired) electrons. The summed E-state index contributed by atoms with van der Waals surface area (Å²) in [6.45, 7) is -0.0398. The second-order valence-electron chi connectivity index (χ2n) is 7.61. The molecule has 0 spiro atoms. The maximum absolute atomic E-state index is 10.6. The van der Waals surface area contributed by atoms with Crippen LogP contribution in [-0.2, 0) is 17.6 Å². The fraction of sp³-hybridized carbons (Fsp3) is 0.391. The number of hydrogen-bond acceptors (Lipinski definition) is 6. The Morgan fingerprint density at radius 1 is 1.10 bits per heavy atom. The maximum Gasteiger partial charge on any atom is 0.141 e. The molecule has 2 aliphatic rings. The van der Waals surface area contributed by atoms with Crippen LogP contribution in [0.25, 0.3) is 0 Å². The Balaban J connectivity index is 1.74. The van der Waals surface area contributed by atoms with Crippen molar-refractivity contribution in [1.82, 2.24) is 0 Å². The number of rotatable bonds is 4. The van der Waals surface area contributed by atoms with Crippen LogP contribution in [0.2, 0.25) is 5.02 Å². The van der Waals surface area contributed by atoms with E-state index in [1.54, 1.807) is 0 Å². The summed E-state index contributed by atoms with van der Waals surface area (Å²) in [7, 11) is 0. The number of terminal acetylenes is 1. The van der Waals surface area contributed by atoms with Gasteiger partial charge in [0.25, 0.3) is 0 Å². The summed E-state index contributed by atoms with van der Waals surface area (Å²) in [5.41, 5.74) is 3.99. The van der Waals surface area contributed by atoms with E-state index in [0.717, 1.165) is 22.3 Å². The first-order valence-electron chi connectivity index (χ1n) is 9.77. The number of ether oxygens (including phenoxy) is 2. The minimum absolute atomic E-state index is 0.444. The molecule has 2 aromatic carbocycles. The van der Waals surface area contributed by atoms with Crippen molar-refractivity contribution in [3.05, 3.63) is 63.2 Å². The number of aliphatic hydroxyl groups excluding tert-OH is 4. The highest BCUT2D eigenvalue weighted by Gasteiger charge is 2.45. The Labute approximate surface area is 179 Å². The lowest BCUT2D eigenvalue weighted by Gasteiger charge is -2.40. The lowest BCUT2D eigenvalue weighted by atomic mass is 9.87. The van der Waals surface area contributed by atoms with Crippen LogP contribution in [0.15, 0.2) is 30.3 Å². The van der Waals surface area contributed by atoms with Gasteiger partial charge in [-0.05, 0) is 35.2 Å². The molecular weight excluding hydrogens is 408 g/mol. The zero-order chi connectivity index (χ0) is 21.4. The first-order valence-corrected chi connectivity index (χ1v) is 10.2. The highest BCUT2D eigenvalue weighted by Crippen LogP contribution is 2.44. The van der Waals surface area contributed by atoms with E-state index in [2.05, 4.69) is 5.92 Å². The van der Waals surface area contributed by atoms with Gasteiger partial charge >= 0.3 is 0 Å². The van der Waals surface area contributed by atoms with Crippen LogP contribution >= 0.6 is 11.6 Å². The van der Waals surface area contributed by atoms with E-state index in [-0.39, 0.29) is 0 Å². The second-order valence-corrected chi connectivity index (χ2v) is 7.99. The molecule has 0 aliphatic carbocycles. The monoisotopic (exact) mass is 430 g/mol. The minimum atomic E-state index is -1.45. The molecule has 2 aliphatic heterocycles. The van der Waals surface area contributed by atoms with Crippen LogP contribution in [0, 0.1) is 12.3 Å². The second kappa shape index (κ2) is 8.56. The highest BCUT2D eigenvalue weighted by molar-refractivity contribution is 6.33. The molecule has 30 heavy (non-hydrogen) atoms. The molecule has 1 saturated heterocycles. The average Bonchev–Trinajstić information content (AvgIpc) is 3.26. The molecule has 5 atom stereocenters. The van der Waals surface area contributed by atoms with Gasteiger partial charge < -0.3 is 29.9 Å². The van der Waals surface area contributed by atoms with Gasteiger partial charge in [-0.1, -0.05) is 35.7 Å². The van der Waals surface area contributed by atoms with Crippen molar-refractivity contribution in [2.75, 3.05) is 13.2 Å². The molecular formula is C23H23ClO6. The van der Waals surface area contributed by atoms with E-state index < -0.39 is 37.1 Å². The third kappa shape index (κ3) is 3.69. The van der Waals surface area contributed by atoms with Gasteiger partial charge in [0.05, 0.1) is 18.2 Å². The number of halogens is 1. The van der Waals surface area contributed by atoms with Gasteiger partial charge in [-0.3, -0.25) is 0 Å². The Bertz CT molecular complexity index is 965. The summed E-state index contributed by atoms with van der Waals surface area (Å²) in [5, 5.41) is 40.9. The highest BCUT2D eigenvalue weighted by atomic mass is 35.5. The molecule has 0 saturated carbocycles. The van der Waals surface area contributed by atoms with E-state index in [1.807, 2.05) is 30.3 Å². The predicted octanol–water partition coefficient (Wildman–Crippen LogP) is 1.36. The maximum atomic E-state index is 10.6. The Morgan fingerprint density at radius 3 is 2.50 bits per heavy atom. The number of fused-ring (bicyclic) bond motifs is 1. The van der Waals surface area contributed by atoms with Crippen LogP contribution in [0.5, 0.6) is 5.75 Å². The number of benzene rings is 2. The van der Waals surface area contributed by atoms with Crippen molar-refractivity contribution in [3.8, 4) is 18.1 Å². The van der Waals surface area contributed by atoms with Crippen LogP contribution in [-0.4, -0.2) is 58.1 Å². The molecule has 0 bridgehead atoms. The molecule has 158 valence electrons. The van der Waals surface area contributed by atoms with E-state index >= 15 is 0 Å². The minimum Gasteiger partial charge on any atom is -0.491 e. The average molecular weight is 431 g/mol. The Hall–Kier alpha value is -2.11. The summed E-state index contributed by atoms with van der Waals surface area (Å²) in [6, 6.07) is 9.40. The van der Waals surface area contributed by atoms with E-state index in [0.29, 0.717) is 35.8 Å². The lowest BCUT2D eigenvalue weighted by molar-refractivity contribution is -0.231. The van der Waals surface area contributed by atoms with Crippen molar-refractivity contribution < 1.29 is 29.9 Å². The molecule has 4 N–H and O–H groups in total. The van der Waals surface area contributed by atoms with E-state index in [4.69, 9.17) is 27.5 Å². The fourth-order valence-electron chi connectivity index (χ4n) is 4.09. The first-order chi connectivity index (χ1) is 14.4.